The van der Waals surface area contributed by atoms with Gasteiger partial charge in [0.1, 0.15) is 5.82 Å². The number of halogens is 3. The zero-order valence-electron chi connectivity index (χ0n) is 10.3. The molecule has 0 radical (unpaired) electrons. The van der Waals surface area contributed by atoms with Crippen molar-refractivity contribution in [3.8, 4) is 0 Å². The summed E-state index contributed by atoms with van der Waals surface area (Å²) in [6, 6.07) is 2.60. The van der Waals surface area contributed by atoms with E-state index in [4.69, 9.17) is 23.2 Å². The molecule has 18 heavy (non-hydrogen) atoms. The molecule has 1 N–H and O–H groups in total. The van der Waals surface area contributed by atoms with Gasteiger partial charge in [-0.15, -0.1) is 0 Å². The van der Waals surface area contributed by atoms with Crippen molar-refractivity contribution in [2.24, 2.45) is 0 Å². The lowest BCUT2D eigenvalue weighted by molar-refractivity contribution is 0.562. The Bertz CT molecular complexity index is 442. The summed E-state index contributed by atoms with van der Waals surface area (Å²) in [6.45, 7) is 2.55. The van der Waals surface area contributed by atoms with Crippen LogP contribution in [0.4, 0.5) is 4.39 Å². The van der Waals surface area contributed by atoms with E-state index in [9.17, 15) is 8.60 Å². The van der Waals surface area contributed by atoms with Crippen LogP contribution in [-0.4, -0.2) is 22.8 Å². The second-order valence-corrected chi connectivity index (χ2v) is 6.40. The molecule has 0 aliphatic rings. The van der Waals surface area contributed by atoms with Gasteiger partial charge in [-0.1, -0.05) is 23.2 Å². The largest absolute Gasteiger partial charge is 0.310 e. The van der Waals surface area contributed by atoms with E-state index in [1.807, 2.05) is 6.92 Å². The second kappa shape index (κ2) is 7.43. The lowest BCUT2D eigenvalue weighted by Gasteiger charge is -2.17. The summed E-state index contributed by atoms with van der Waals surface area (Å²) in [4.78, 5) is 0. The number of hydrogen-bond donors (Lipinski definition) is 1. The van der Waals surface area contributed by atoms with Crippen LogP contribution in [0.3, 0.4) is 0 Å². The maximum absolute atomic E-state index is 13.4. The molecular weight excluding hydrogens is 296 g/mol. The first-order chi connectivity index (χ1) is 8.43. The van der Waals surface area contributed by atoms with Crippen LogP contribution in [0.5, 0.6) is 0 Å². The third-order valence-corrected chi connectivity index (χ3v) is 4.15. The molecule has 2 unspecified atom stereocenters. The van der Waals surface area contributed by atoms with Crippen molar-refractivity contribution in [1.29, 1.82) is 0 Å². The Balaban J connectivity index is 2.64. The van der Waals surface area contributed by atoms with Crippen molar-refractivity contribution < 1.29 is 8.60 Å². The standard InChI is InChI=1S/C12H16Cl2FNOS/c1-8(16-6-3-7-18(2)17)11-9(13)4-5-10(15)12(11)14/h4-5,8,16H,3,6-7H2,1-2H3. The summed E-state index contributed by atoms with van der Waals surface area (Å²) in [5.74, 6) is 0.170. The summed E-state index contributed by atoms with van der Waals surface area (Å²) >= 11 is 11.9. The van der Waals surface area contributed by atoms with E-state index in [-0.39, 0.29) is 11.1 Å². The molecule has 0 amide bonds. The molecule has 0 saturated heterocycles. The average molecular weight is 312 g/mol. The van der Waals surface area contributed by atoms with Crippen molar-refractivity contribution in [2.45, 2.75) is 19.4 Å². The van der Waals surface area contributed by atoms with Gasteiger partial charge in [0.2, 0.25) is 0 Å². The van der Waals surface area contributed by atoms with Gasteiger partial charge in [-0.3, -0.25) is 4.21 Å². The minimum absolute atomic E-state index is 0.0570. The lowest BCUT2D eigenvalue weighted by atomic mass is 10.1. The highest BCUT2D eigenvalue weighted by Crippen LogP contribution is 2.32. The Kier molecular flexibility index (Phi) is 6.57. The Hall–Kier alpha value is -0.160. The Labute approximate surface area is 119 Å². The smallest absolute Gasteiger partial charge is 0.142 e. The summed E-state index contributed by atoms with van der Waals surface area (Å²) in [7, 11) is -0.789. The highest BCUT2D eigenvalue weighted by molar-refractivity contribution is 7.84. The summed E-state index contributed by atoms with van der Waals surface area (Å²) in [5.41, 5.74) is 0.566. The van der Waals surface area contributed by atoms with Gasteiger partial charge in [-0.25, -0.2) is 4.39 Å². The second-order valence-electron chi connectivity index (χ2n) is 4.06. The molecule has 0 heterocycles. The molecular formula is C12H16Cl2FNOS. The minimum atomic E-state index is -0.789. The molecule has 1 rings (SSSR count). The normalized spacial score (nSPS) is 14.5. The fourth-order valence-electron chi connectivity index (χ4n) is 1.64. The third kappa shape index (κ3) is 4.50. The van der Waals surface area contributed by atoms with Crippen molar-refractivity contribution >= 4 is 34.0 Å². The summed E-state index contributed by atoms with van der Waals surface area (Å²) in [6.07, 6.45) is 2.46. The van der Waals surface area contributed by atoms with Gasteiger partial charge < -0.3 is 5.32 Å². The van der Waals surface area contributed by atoms with Crippen LogP contribution < -0.4 is 5.32 Å². The minimum Gasteiger partial charge on any atom is -0.310 e. The number of hydrogen-bond acceptors (Lipinski definition) is 2. The maximum atomic E-state index is 13.4. The van der Waals surface area contributed by atoms with Gasteiger partial charge in [-0.05, 0) is 32.0 Å². The molecule has 2 nitrogen and oxygen atoms in total. The monoisotopic (exact) mass is 311 g/mol. The molecule has 1 aromatic rings. The number of nitrogens with one attached hydrogen (secondary N) is 1. The average Bonchev–Trinajstić information content (AvgIpc) is 2.30. The molecule has 1 aromatic carbocycles. The van der Waals surface area contributed by atoms with Gasteiger partial charge >= 0.3 is 0 Å². The zero-order chi connectivity index (χ0) is 13.7. The first-order valence-electron chi connectivity index (χ1n) is 5.60. The van der Waals surface area contributed by atoms with Crippen molar-refractivity contribution in [1.82, 2.24) is 5.32 Å². The van der Waals surface area contributed by atoms with Crippen molar-refractivity contribution in [3.05, 3.63) is 33.6 Å². The molecule has 0 aliphatic carbocycles. The van der Waals surface area contributed by atoms with Gasteiger partial charge in [0.15, 0.2) is 0 Å². The predicted octanol–water partition coefficient (Wildman–Crippen LogP) is 3.55. The quantitative estimate of drug-likeness (QED) is 0.643. The fourth-order valence-corrected chi connectivity index (χ4v) is 2.88. The number of rotatable bonds is 6. The molecule has 0 saturated carbocycles. The van der Waals surface area contributed by atoms with E-state index in [0.29, 0.717) is 22.9 Å². The van der Waals surface area contributed by atoms with Crippen molar-refractivity contribution in [2.75, 3.05) is 18.6 Å². The van der Waals surface area contributed by atoms with Crippen LogP contribution in [0.25, 0.3) is 0 Å². The third-order valence-electron chi connectivity index (χ3n) is 2.57. The molecule has 2 atom stereocenters. The van der Waals surface area contributed by atoms with Crippen LogP contribution in [-0.2, 0) is 10.8 Å². The SMILES string of the molecule is CC(NCCCS(C)=O)c1c(Cl)ccc(F)c1Cl. The van der Waals surface area contributed by atoms with Gasteiger partial charge in [0.25, 0.3) is 0 Å². The molecule has 102 valence electrons. The molecule has 0 fully saturated rings. The van der Waals surface area contributed by atoms with Crippen molar-refractivity contribution in [3.63, 3.8) is 0 Å². The van der Waals surface area contributed by atoms with E-state index < -0.39 is 16.6 Å². The summed E-state index contributed by atoms with van der Waals surface area (Å²) in [5, 5.41) is 3.70. The zero-order valence-corrected chi connectivity index (χ0v) is 12.6. The lowest BCUT2D eigenvalue weighted by Crippen LogP contribution is -2.22. The highest BCUT2D eigenvalue weighted by Gasteiger charge is 2.16. The summed E-state index contributed by atoms with van der Waals surface area (Å²) < 4.78 is 24.3. The molecule has 0 aliphatic heterocycles. The predicted molar refractivity (Wildman–Crippen MR) is 76.4 cm³/mol. The van der Waals surface area contributed by atoms with Gasteiger partial charge in [0.05, 0.1) is 5.02 Å². The highest BCUT2D eigenvalue weighted by atomic mass is 35.5. The van der Waals surface area contributed by atoms with Crippen LogP contribution in [0.1, 0.15) is 24.9 Å². The molecule has 0 bridgehead atoms. The van der Waals surface area contributed by atoms with E-state index in [1.54, 1.807) is 6.26 Å². The maximum Gasteiger partial charge on any atom is 0.142 e. The Morgan fingerprint density at radius 2 is 2.11 bits per heavy atom. The first kappa shape index (κ1) is 15.9. The van der Waals surface area contributed by atoms with Crippen LogP contribution >= 0.6 is 23.2 Å². The number of benzene rings is 1. The van der Waals surface area contributed by atoms with E-state index in [0.717, 1.165) is 6.42 Å². The molecule has 6 heteroatoms. The van der Waals surface area contributed by atoms with E-state index in [2.05, 4.69) is 5.32 Å². The van der Waals surface area contributed by atoms with Crippen LogP contribution in [0.15, 0.2) is 12.1 Å². The Morgan fingerprint density at radius 3 is 2.72 bits per heavy atom. The molecule has 0 spiro atoms. The van der Waals surface area contributed by atoms with Gasteiger partial charge in [-0.2, -0.15) is 0 Å². The molecule has 0 aromatic heterocycles. The van der Waals surface area contributed by atoms with Gasteiger partial charge in [0, 0.05) is 39.4 Å². The van der Waals surface area contributed by atoms with E-state index >= 15 is 0 Å². The van der Waals surface area contributed by atoms with Crippen LogP contribution in [0, 0.1) is 5.82 Å². The van der Waals surface area contributed by atoms with E-state index in [1.165, 1.54) is 12.1 Å². The first-order valence-corrected chi connectivity index (χ1v) is 8.08. The van der Waals surface area contributed by atoms with Crippen LogP contribution in [0.2, 0.25) is 10.0 Å². The topological polar surface area (TPSA) is 29.1 Å². The Morgan fingerprint density at radius 1 is 1.44 bits per heavy atom. The fraction of sp³-hybridized carbons (Fsp3) is 0.500.